The van der Waals surface area contributed by atoms with Crippen molar-refractivity contribution in [3.8, 4) is 39.0 Å². The number of primary amides is 1. The molecule has 10 heteroatoms. The molecule has 1 aliphatic rings. The number of nitrogens with zero attached hydrogens (tertiary/aromatic N) is 4. The molecule has 0 radical (unpaired) electrons. The molecule has 2 aromatic carbocycles. The number of amides is 2. The number of hydrogen-bond donors (Lipinski definition) is 3. The van der Waals surface area contributed by atoms with Crippen molar-refractivity contribution in [2.24, 2.45) is 5.73 Å². The molecule has 1 aliphatic heterocycles. The molecule has 0 spiro atoms. The van der Waals surface area contributed by atoms with Crippen molar-refractivity contribution in [3.05, 3.63) is 59.9 Å². The first-order valence-corrected chi connectivity index (χ1v) is 11.9. The highest BCUT2D eigenvalue weighted by molar-refractivity contribution is 7.20. The van der Waals surface area contributed by atoms with Crippen LogP contribution in [0.25, 0.3) is 33.0 Å². The van der Waals surface area contributed by atoms with Gasteiger partial charge in [-0.05, 0) is 30.2 Å². The number of H-pyrrole nitrogens is 1. The van der Waals surface area contributed by atoms with Crippen LogP contribution in [0.1, 0.15) is 11.1 Å². The molecule has 5 rings (SSSR count). The predicted molar refractivity (Wildman–Crippen MR) is 136 cm³/mol. The second-order valence-corrected chi connectivity index (χ2v) is 9.15. The fourth-order valence-corrected chi connectivity index (χ4v) is 5.50. The van der Waals surface area contributed by atoms with E-state index in [-0.39, 0.29) is 0 Å². The summed E-state index contributed by atoms with van der Waals surface area (Å²) in [6.45, 7) is 4.71. The first kappa shape index (κ1) is 22.6. The maximum absolute atomic E-state index is 11.5. The number of urea groups is 1. The van der Waals surface area contributed by atoms with Gasteiger partial charge < -0.3 is 20.7 Å². The number of anilines is 2. The summed E-state index contributed by atoms with van der Waals surface area (Å²) in [5, 5.41) is 20.7. The van der Waals surface area contributed by atoms with E-state index in [0.717, 1.165) is 50.8 Å². The SMILES string of the molecule is Cc1ccc(NC(N)=O)c(-c2ccc(-c3c(-c4ncn[nH]4)sc(N4CCOCC4)c3C#N)cc2)c1. The van der Waals surface area contributed by atoms with E-state index < -0.39 is 6.03 Å². The predicted octanol–water partition coefficient (Wildman–Crippen LogP) is 4.37. The van der Waals surface area contributed by atoms with Crippen LogP contribution in [0.4, 0.5) is 15.5 Å². The Kier molecular flexibility index (Phi) is 6.18. The van der Waals surface area contributed by atoms with Crippen LogP contribution in [0.2, 0.25) is 0 Å². The van der Waals surface area contributed by atoms with Crippen molar-refractivity contribution in [2.75, 3.05) is 36.5 Å². The summed E-state index contributed by atoms with van der Waals surface area (Å²) in [7, 11) is 0. The maximum Gasteiger partial charge on any atom is 0.316 e. The molecule has 0 bridgehead atoms. The number of aryl methyl sites for hydroxylation is 1. The number of hydrogen-bond acceptors (Lipinski definition) is 7. The van der Waals surface area contributed by atoms with Gasteiger partial charge in [-0.15, -0.1) is 11.3 Å². The lowest BCUT2D eigenvalue weighted by atomic mass is 9.96. The lowest BCUT2D eigenvalue weighted by Gasteiger charge is -2.27. The number of ether oxygens (including phenoxy) is 1. The minimum Gasteiger partial charge on any atom is -0.378 e. The van der Waals surface area contributed by atoms with Gasteiger partial charge in [0.15, 0.2) is 5.82 Å². The van der Waals surface area contributed by atoms with E-state index in [9.17, 15) is 10.1 Å². The average molecular weight is 486 g/mol. The van der Waals surface area contributed by atoms with Crippen LogP contribution in [0.5, 0.6) is 0 Å². The van der Waals surface area contributed by atoms with Crippen molar-refractivity contribution >= 4 is 28.1 Å². The van der Waals surface area contributed by atoms with Crippen LogP contribution in [-0.4, -0.2) is 47.5 Å². The highest BCUT2D eigenvalue weighted by Gasteiger charge is 2.26. The first-order chi connectivity index (χ1) is 17.0. The van der Waals surface area contributed by atoms with Gasteiger partial charge in [-0.2, -0.15) is 10.4 Å². The second-order valence-electron chi connectivity index (χ2n) is 8.15. The van der Waals surface area contributed by atoms with Gasteiger partial charge in [0.05, 0.1) is 29.3 Å². The van der Waals surface area contributed by atoms with E-state index in [0.29, 0.717) is 30.3 Å². The number of carbonyl (C=O) groups excluding carboxylic acids is 1. The summed E-state index contributed by atoms with van der Waals surface area (Å²) in [6, 6.07) is 15.5. The number of rotatable bonds is 5. The molecular formula is C25H23N7O2S. The molecule has 0 aliphatic carbocycles. The number of morpholine rings is 1. The number of nitriles is 1. The highest BCUT2D eigenvalue weighted by atomic mass is 32.1. The van der Waals surface area contributed by atoms with Crippen LogP contribution in [0.15, 0.2) is 48.8 Å². The van der Waals surface area contributed by atoms with Gasteiger partial charge in [0, 0.05) is 24.2 Å². The molecule has 4 N–H and O–H groups in total. The number of nitrogens with one attached hydrogen (secondary N) is 2. The number of thiophene rings is 1. The lowest BCUT2D eigenvalue weighted by Crippen LogP contribution is -2.36. The Hall–Kier alpha value is -4.20. The van der Waals surface area contributed by atoms with E-state index >= 15 is 0 Å². The van der Waals surface area contributed by atoms with Crippen molar-refractivity contribution in [1.82, 2.24) is 15.2 Å². The van der Waals surface area contributed by atoms with Crippen molar-refractivity contribution in [3.63, 3.8) is 0 Å². The Bertz CT molecular complexity index is 1400. The van der Waals surface area contributed by atoms with E-state index in [2.05, 4.69) is 31.5 Å². The number of carbonyl (C=O) groups is 1. The standard InChI is InChI=1S/C25H23N7O2S/c1-15-2-7-20(30-25(27)33)18(12-15)16-3-5-17(6-4-16)21-19(13-26)24(32-8-10-34-11-9-32)35-22(21)23-28-14-29-31-23/h2-7,12,14H,8-11H2,1H3,(H3,27,30,33)(H,28,29,31). The molecule has 176 valence electrons. The molecular weight excluding hydrogens is 462 g/mol. The summed E-state index contributed by atoms with van der Waals surface area (Å²) in [6.07, 6.45) is 1.47. The summed E-state index contributed by atoms with van der Waals surface area (Å²) < 4.78 is 5.50. The van der Waals surface area contributed by atoms with Gasteiger partial charge >= 0.3 is 6.03 Å². The molecule has 4 aromatic rings. The third kappa shape index (κ3) is 4.47. The minimum absolute atomic E-state index is 0.614. The van der Waals surface area contributed by atoms with Crippen LogP contribution in [-0.2, 0) is 4.74 Å². The molecule has 0 atom stereocenters. The zero-order valence-corrected chi connectivity index (χ0v) is 19.9. The lowest BCUT2D eigenvalue weighted by molar-refractivity contribution is 0.123. The van der Waals surface area contributed by atoms with Gasteiger partial charge in [-0.1, -0.05) is 35.9 Å². The topological polar surface area (TPSA) is 133 Å². The Balaban J connectivity index is 1.61. The second kappa shape index (κ2) is 9.58. The normalized spacial score (nSPS) is 13.4. The minimum atomic E-state index is -0.615. The van der Waals surface area contributed by atoms with Crippen LogP contribution in [0.3, 0.4) is 0 Å². The number of aromatic amines is 1. The first-order valence-electron chi connectivity index (χ1n) is 11.1. The van der Waals surface area contributed by atoms with E-state index in [1.165, 1.54) is 17.7 Å². The molecule has 2 amide bonds. The summed E-state index contributed by atoms with van der Waals surface area (Å²) in [5.41, 5.74) is 11.2. The molecule has 0 unspecified atom stereocenters. The molecule has 0 saturated carbocycles. The zero-order chi connectivity index (χ0) is 24.4. The van der Waals surface area contributed by atoms with Gasteiger partial charge in [0.25, 0.3) is 0 Å². The van der Waals surface area contributed by atoms with E-state index in [4.69, 9.17) is 10.5 Å². The van der Waals surface area contributed by atoms with Crippen LogP contribution >= 0.6 is 11.3 Å². The monoisotopic (exact) mass is 485 g/mol. The van der Waals surface area contributed by atoms with E-state index in [1.54, 1.807) is 0 Å². The fraction of sp³-hybridized carbons (Fsp3) is 0.200. The Labute approximate surface area is 206 Å². The van der Waals surface area contributed by atoms with Crippen LogP contribution in [0, 0.1) is 18.3 Å². The molecule has 1 saturated heterocycles. The summed E-state index contributed by atoms with van der Waals surface area (Å²) in [4.78, 5) is 18.9. The van der Waals surface area contributed by atoms with Crippen molar-refractivity contribution in [2.45, 2.75) is 6.92 Å². The zero-order valence-electron chi connectivity index (χ0n) is 19.0. The molecule has 1 fully saturated rings. The Morgan fingerprint density at radius 1 is 1.20 bits per heavy atom. The molecule has 35 heavy (non-hydrogen) atoms. The summed E-state index contributed by atoms with van der Waals surface area (Å²) >= 11 is 1.53. The smallest absolute Gasteiger partial charge is 0.316 e. The van der Waals surface area contributed by atoms with Gasteiger partial charge in [-0.25, -0.2) is 9.78 Å². The molecule has 9 nitrogen and oxygen atoms in total. The largest absolute Gasteiger partial charge is 0.378 e. The van der Waals surface area contributed by atoms with Gasteiger partial charge in [-0.3, -0.25) is 5.10 Å². The average Bonchev–Trinajstić information content (AvgIpc) is 3.53. The number of benzene rings is 2. The fourth-order valence-electron chi connectivity index (χ4n) is 4.22. The van der Waals surface area contributed by atoms with Gasteiger partial charge in [0.1, 0.15) is 17.4 Å². The van der Waals surface area contributed by atoms with Crippen molar-refractivity contribution in [1.29, 1.82) is 5.26 Å². The molecule has 3 heterocycles. The third-order valence-corrected chi connectivity index (χ3v) is 7.10. The highest BCUT2D eigenvalue weighted by Crippen LogP contribution is 2.46. The van der Waals surface area contributed by atoms with Gasteiger partial charge in [0.2, 0.25) is 0 Å². The number of nitrogens with two attached hydrogens (primary N) is 1. The Morgan fingerprint density at radius 2 is 1.94 bits per heavy atom. The maximum atomic E-state index is 11.5. The van der Waals surface area contributed by atoms with Crippen LogP contribution < -0.4 is 16.0 Å². The number of aromatic nitrogens is 3. The molecule has 2 aromatic heterocycles. The third-order valence-electron chi connectivity index (χ3n) is 5.85. The Morgan fingerprint density at radius 3 is 2.60 bits per heavy atom. The van der Waals surface area contributed by atoms with E-state index in [1.807, 2.05) is 49.4 Å². The summed E-state index contributed by atoms with van der Waals surface area (Å²) in [5.74, 6) is 0.622. The van der Waals surface area contributed by atoms with Crippen molar-refractivity contribution < 1.29 is 9.53 Å². The quantitative estimate of drug-likeness (QED) is 0.384.